The van der Waals surface area contributed by atoms with Crippen LogP contribution in [0.3, 0.4) is 0 Å². The second-order valence-electron chi connectivity index (χ2n) is 5.43. The van der Waals surface area contributed by atoms with Gasteiger partial charge in [0.1, 0.15) is 0 Å². The number of nitrogens with one attached hydrogen (secondary N) is 1. The number of carbonyl (C=O) groups excluding carboxylic acids is 2. The fourth-order valence-corrected chi connectivity index (χ4v) is 3.15. The summed E-state index contributed by atoms with van der Waals surface area (Å²) in [6.07, 6.45) is 3.21. The Morgan fingerprint density at radius 2 is 2.14 bits per heavy atom. The highest BCUT2D eigenvalue weighted by Gasteiger charge is 2.21. The zero-order valence-electron chi connectivity index (χ0n) is 12.2. The molecule has 2 amide bonds. The van der Waals surface area contributed by atoms with Crippen LogP contribution in [-0.4, -0.2) is 42.9 Å². The van der Waals surface area contributed by atoms with Crippen LogP contribution in [0.15, 0.2) is 16.8 Å². The number of likely N-dealkylation sites (tertiary alicyclic amines) is 1. The molecule has 0 unspecified atom stereocenters. The van der Waals surface area contributed by atoms with Gasteiger partial charge in [0.15, 0.2) is 0 Å². The summed E-state index contributed by atoms with van der Waals surface area (Å²) in [4.78, 5) is 25.7. The SMILES string of the molecule is NCC1CCN(C(=O)CCCNC(=O)c2ccsc2)CC1. The minimum Gasteiger partial charge on any atom is -0.352 e. The molecule has 116 valence electrons. The van der Waals surface area contributed by atoms with Gasteiger partial charge in [0.05, 0.1) is 0 Å². The first kappa shape index (κ1) is 16.0. The van der Waals surface area contributed by atoms with Crippen molar-refractivity contribution in [3.05, 3.63) is 22.4 Å². The molecule has 0 atom stereocenters. The van der Waals surface area contributed by atoms with Gasteiger partial charge in [-0.1, -0.05) is 0 Å². The van der Waals surface area contributed by atoms with Crippen LogP contribution in [0.4, 0.5) is 0 Å². The highest BCUT2D eigenvalue weighted by atomic mass is 32.1. The number of nitrogens with zero attached hydrogens (tertiary/aromatic N) is 1. The third kappa shape index (κ3) is 4.82. The topological polar surface area (TPSA) is 75.4 Å². The van der Waals surface area contributed by atoms with Crippen molar-refractivity contribution in [2.45, 2.75) is 25.7 Å². The standard InChI is InChI=1S/C15H23N3O2S/c16-10-12-3-7-18(8-4-12)14(19)2-1-6-17-15(20)13-5-9-21-11-13/h5,9,11-12H,1-4,6-8,10,16H2,(H,17,20). The molecule has 3 N–H and O–H groups in total. The van der Waals surface area contributed by atoms with Crippen LogP contribution in [0.5, 0.6) is 0 Å². The highest BCUT2D eigenvalue weighted by molar-refractivity contribution is 7.08. The lowest BCUT2D eigenvalue weighted by Crippen LogP contribution is -2.40. The van der Waals surface area contributed by atoms with E-state index >= 15 is 0 Å². The van der Waals surface area contributed by atoms with E-state index in [1.54, 1.807) is 6.07 Å². The van der Waals surface area contributed by atoms with Crippen LogP contribution in [0.1, 0.15) is 36.0 Å². The number of thiophene rings is 1. The van der Waals surface area contributed by atoms with Crippen LogP contribution in [0.2, 0.25) is 0 Å². The van der Waals surface area contributed by atoms with E-state index in [1.165, 1.54) is 11.3 Å². The minimum absolute atomic E-state index is 0.0625. The van der Waals surface area contributed by atoms with Gasteiger partial charge in [0, 0.05) is 37.0 Å². The fraction of sp³-hybridized carbons (Fsp3) is 0.600. The number of amides is 2. The molecule has 5 nitrogen and oxygen atoms in total. The third-order valence-electron chi connectivity index (χ3n) is 3.94. The molecule has 2 heterocycles. The van der Waals surface area contributed by atoms with Crippen molar-refractivity contribution < 1.29 is 9.59 Å². The predicted molar refractivity (Wildman–Crippen MR) is 84.2 cm³/mol. The first-order valence-corrected chi connectivity index (χ1v) is 8.43. The van der Waals surface area contributed by atoms with E-state index in [9.17, 15) is 9.59 Å². The average Bonchev–Trinajstić information content (AvgIpc) is 3.05. The molecule has 0 radical (unpaired) electrons. The van der Waals surface area contributed by atoms with Gasteiger partial charge in [0.25, 0.3) is 5.91 Å². The summed E-state index contributed by atoms with van der Waals surface area (Å²) in [6.45, 7) is 2.90. The van der Waals surface area contributed by atoms with Crippen LogP contribution < -0.4 is 11.1 Å². The molecule has 1 aliphatic heterocycles. The number of hydrogen-bond donors (Lipinski definition) is 2. The van der Waals surface area contributed by atoms with Gasteiger partial charge in [-0.3, -0.25) is 9.59 Å². The summed E-state index contributed by atoms with van der Waals surface area (Å²) < 4.78 is 0. The van der Waals surface area contributed by atoms with E-state index in [2.05, 4.69) is 5.32 Å². The van der Waals surface area contributed by atoms with E-state index in [1.807, 2.05) is 15.7 Å². The van der Waals surface area contributed by atoms with Crippen molar-refractivity contribution >= 4 is 23.2 Å². The second-order valence-corrected chi connectivity index (χ2v) is 6.21. The zero-order chi connectivity index (χ0) is 15.1. The number of hydrogen-bond acceptors (Lipinski definition) is 4. The maximum Gasteiger partial charge on any atom is 0.252 e. The van der Waals surface area contributed by atoms with E-state index < -0.39 is 0 Å². The molecule has 1 saturated heterocycles. The Balaban J connectivity index is 1.60. The summed E-state index contributed by atoms with van der Waals surface area (Å²) in [5.41, 5.74) is 6.34. The number of nitrogens with two attached hydrogens (primary N) is 1. The molecule has 0 saturated carbocycles. The van der Waals surface area contributed by atoms with E-state index in [4.69, 9.17) is 5.73 Å². The fourth-order valence-electron chi connectivity index (χ4n) is 2.51. The number of piperidine rings is 1. The van der Waals surface area contributed by atoms with Gasteiger partial charge in [-0.15, -0.1) is 0 Å². The lowest BCUT2D eigenvalue weighted by atomic mass is 9.97. The highest BCUT2D eigenvalue weighted by Crippen LogP contribution is 2.16. The summed E-state index contributed by atoms with van der Waals surface area (Å²) in [6, 6.07) is 1.80. The number of carbonyl (C=O) groups is 2. The smallest absolute Gasteiger partial charge is 0.252 e. The maximum atomic E-state index is 12.1. The van der Waals surface area contributed by atoms with Gasteiger partial charge >= 0.3 is 0 Å². The lowest BCUT2D eigenvalue weighted by molar-refractivity contribution is -0.132. The van der Waals surface area contributed by atoms with Crippen molar-refractivity contribution in [3.8, 4) is 0 Å². The quantitative estimate of drug-likeness (QED) is 0.781. The Kier molecular flexibility index (Phi) is 6.20. The van der Waals surface area contributed by atoms with Crippen molar-refractivity contribution in [1.82, 2.24) is 10.2 Å². The van der Waals surface area contributed by atoms with Crippen LogP contribution in [0, 0.1) is 5.92 Å². The molecule has 0 aliphatic carbocycles. The van der Waals surface area contributed by atoms with Crippen LogP contribution in [0.25, 0.3) is 0 Å². The maximum absolute atomic E-state index is 12.1. The van der Waals surface area contributed by atoms with Crippen molar-refractivity contribution in [1.29, 1.82) is 0 Å². The Labute approximate surface area is 129 Å². The van der Waals surface area contributed by atoms with Crippen molar-refractivity contribution in [2.75, 3.05) is 26.2 Å². The molecule has 6 heteroatoms. The van der Waals surface area contributed by atoms with Gasteiger partial charge in [-0.2, -0.15) is 11.3 Å². The molecule has 21 heavy (non-hydrogen) atoms. The van der Waals surface area contributed by atoms with E-state index in [0.717, 1.165) is 32.5 Å². The van der Waals surface area contributed by atoms with Crippen molar-refractivity contribution in [2.24, 2.45) is 11.7 Å². The Hall–Kier alpha value is -1.40. The minimum atomic E-state index is -0.0625. The molecular weight excluding hydrogens is 286 g/mol. The summed E-state index contributed by atoms with van der Waals surface area (Å²) in [5.74, 6) is 0.696. The molecule has 0 bridgehead atoms. The third-order valence-corrected chi connectivity index (χ3v) is 4.62. The Morgan fingerprint density at radius 1 is 1.38 bits per heavy atom. The van der Waals surface area contributed by atoms with Crippen molar-refractivity contribution in [3.63, 3.8) is 0 Å². The lowest BCUT2D eigenvalue weighted by Gasteiger charge is -2.31. The molecule has 1 fully saturated rings. The molecule has 2 rings (SSSR count). The first-order valence-electron chi connectivity index (χ1n) is 7.49. The second kappa shape index (κ2) is 8.14. The van der Waals surface area contributed by atoms with Gasteiger partial charge in [-0.05, 0) is 43.2 Å². The summed E-state index contributed by atoms with van der Waals surface area (Å²) >= 11 is 1.50. The van der Waals surface area contributed by atoms with Gasteiger partial charge < -0.3 is 16.0 Å². The van der Waals surface area contributed by atoms with Crippen LogP contribution in [-0.2, 0) is 4.79 Å². The molecule has 1 aliphatic rings. The normalized spacial score (nSPS) is 16.0. The summed E-state index contributed by atoms with van der Waals surface area (Å²) in [7, 11) is 0. The van der Waals surface area contributed by atoms with Crippen LogP contribution >= 0.6 is 11.3 Å². The molecule has 1 aromatic rings. The molecule has 0 aromatic carbocycles. The largest absolute Gasteiger partial charge is 0.352 e. The number of rotatable bonds is 6. The van der Waals surface area contributed by atoms with Gasteiger partial charge in [0.2, 0.25) is 5.91 Å². The molecule has 0 spiro atoms. The molecular formula is C15H23N3O2S. The predicted octanol–water partition coefficient (Wildman–Crippen LogP) is 1.46. The Morgan fingerprint density at radius 3 is 2.76 bits per heavy atom. The summed E-state index contributed by atoms with van der Waals surface area (Å²) in [5, 5.41) is 6.54. The van der Waals surface area contributed by atoms with Gasteiger partial charge in [-0.25, -0.2) is 0 Å². The van der Waals surface area contributed by atoms with E-state index in [-0.39, 0.29) is 11.8 Å². The average molecular weight is 309 g/mol. The van der Waals surface area contributed by atoms with E-state index in [0.29, 0.717) is 30.9 Å². The first-order chi connectivity index (χ1) is 10.2. The molecule has 1 aromatic heterocycles. The zero-order valence-corrected chi connectivity index (χ0v) is 13.0. The Bertz CT molecular complexity index is 453. The monoisotopic (exact) mass is 309 g/mol.